The van der Waals surface area contributed by atoms with E-state index < -0.39 is 23.5 Å². The molecule has 43 heavy (non-hydrogen) atoms. The van der Waals surface area contributed by atoms with Gasteiger partial charge in [0.25, 0.3) is 5.91 Å². The summed E-state index contributed by atoms with van der Waals surface area (Å²) in [6, 6.07) is 14.1. The molecule has 2 aromatic carbocycles. The fraction of sp³-hybridized carbons (Fsp3) is 0.514. The van der Waals surface area contributed by atoms with Gasteiger partial charge in [0.2, 0.25) is 0 Å². The lowest BCUT2D eigenvalue weighted by molar-refractivity contribution is -0.129. The maximum atomic E-state index is 13.4. The van der Waals surface area contributed by atoms with Crippen molar-refractivity contribution in [2.24, 2.45) is 0 Å². The molecule has 1 N–H and O–H groups in total. The van der Waals surface area contributed by atoms with Crippen molar-refractivity contribution < 1.29 is 24.2 Å². The summed E-state index contributed by atoms with van der Waals surface area (Å²) >= 11 is 0. The maximum absolute atomic E-state index is 13.4. The number of allylic oxidation sites excluding steroid dienone is 1. The molecule has 0 aromatic heterocycles. The van der Waals surface area contributed by atoms with Gasteiger partial charge in [-0.25, -0.2) is 0 Å². The average molecular weight is 590 g/mol. The molecule has 3 rings (SSSR count). The van der Waals surface area contributed by atoms with Gasteiger partial charge < -0.3 is 19.5 Å². The first-order chi connectivity index (χ1) is 21.0. The van der Waals surface area contributed by atoms with E-state index in [4.69, 9.17) is 9.47 Å². The van der Waals surface area contributed by atoms with Crippen molar-refractivity contribution in [2.45, 2.75) is 103 Å². The number of aliphatic hydroxyl groups excluding tert-OH is 1. The van der Waals surface area contributed by atoms with Gasteiger partial charge in [-0.1, -0.05) is 133 Å². The first-order valence-electron chi connectivity index (χ1n) is 16.2. The third-order valence-corrected chi connectivity index (χ3v) is 8.27. The van der Waals surface area contributed by atoms with Crippen LogP contribution < -0.4 is 9.47 Å². The van der Waals surface area contributed by atoms with Crippen molar-refractivity contribution >= 4 is 17.8 Å². The lowest BCUT2D eigenvalue weighted by Gasteiger charge is -2.27. The molecule has 1 unspecified atom stereocenters. The molecule has 6 nitrogen and oxygen atoms in total. The molecule has 0 bridgehead atoms. The van der Waals surface area contributed by atoms with E-state index in [1.165, 1.54) is 76.7 Å². The molecule has 234 valence electrons. The minimum absolute atomic E-state index is 0.0924. The number of carbonyl (C=O) groups excluding carboxylic acids is 2. The van der Waals surface area contributed by atoms with Crippen molar-refractivity contribution in [3.63, 3.8) is 0 Å². The van der Waals surface area contributed by atoms with Gasteiger partial charge in [0, 0.05) is 6.54 Å². The molecule has 1 aliphatic heterocycles. The van der Waals surface area contributed by atoms with Gasteiger partial charge in [0.05, 0.1) is 25.8 Å². The Bertz CT molecular complexity index is 1200. The lowest BCUT2D eigenvalue weighted by atomic mass is 9.95. The summed E-state index contributed by atoms with van der Waals surface area (Å²) in [4.78, 5) is 28.4. The van der Waals surface area contributed by atoms with Crippen molar-refractivity contribution in [3.8, 4) is 11.5 Å². The van der Waals surface area contributed by atoms with E-state index in [-0.39, 0.29) is 5.57 Å². The second kappa shape index (κ2) is 18.9. The number of aliphatic hydroxyl groups is 1. The van der Waals surface area contributed by atoms with Crippen molar-refractivity contribution in [1.82, 2.24) is 4.90 Å². The molecule has 1 heterocycles. The number of ether oxygens (including phenoxy) is 2. The van der Waals surface area contributed by atoms with Gasteiger partial charge in [0.15, 0.2) is 23.0 Å². The zero-order valence-electron chi connectivity index (χ0n) is 26.5. The zero-order chi connectivity index (χ0) is 30.9. The van der Waals surface area contributed by atoms with E-state index in [1.54, 1.807) is 37.3 Å². The average Bonchev–Trinajstić information content (AvgIpc) is 3.29. The second-order valence-electron chi connectivity index (χ2n) is 11.5. The molecule has 0 fully saturated rings. The van der Waals surface area contributed by atoms with Crippen LogP contribution in [0.25, 0.3) is 6.08 Å². The molecule has 0 spiro atoms. The number of benzene rings is 2. The summed E-state index contributed by atoms with van der Waals surface area (Å²) in [5.74, 6) is -0.321. The molecule has 0 saturated heterocycles. The number of amides is 1. The van der Waals surface area contributed by atoms with Crippen molar-refractivity contribution in [1.29, 1.82) is 0 Å². The predicted molar refractivity (Wildman–Crippen MR) is 174 cm³/mol. The van der Waals surface area contributed by atoms with Crippen molar-refractivity contribution in [2.75, 3.05) is 20.8 Å². The molecule has 1 amide bonds. The van der Waals surface area contributed by atoms with Gasteiger partial charge in [-0.2, -0.15) is 0 Å². The van der Waals surface area contributed by atoms with E-state index >= 15 is 0 Å². The number of hydrogen-bond donors (Lipinski definition) is 1. The Hall–Kier alpha value is -3.54. The molecule has 1 aliphatic rings. The third kappa shape index (κ3) is 10.3. The van der Waals surface area contributed by atoms with Gasteiger partial charge in [-0.3, -0.25) is 9.59 Å². The van der Waals surface area contributed by atoms with Crippen LogP contribution in [0.4, 0.5) is 0 Å². The van der Waals surface area contributed by atoms with E-state index in [9.17, 15) is 14.7 Å². The van der Waals surface area contributed by atoms with Crippen LogP contribution in [-0.2, 0) is 9.59 Å². The zero-order valence-corrected chi connectivity index (χ0v) is 26.5. The molecular weight excluding hydrogens is 538 g/mol. The van der Waals surface area contributed by atoms with Crippen LogP contribution >= 0.6 is 0 Å². The molecule has 0 saturated carbocycles. The standard InChI is InChI=1S/C37H51NO5/c1-4-5-6-7-8-9-10-11-12-13-14-15-16-20-27-38-35(30-24-26-32(42-2)33(28-30)43-3)34(36(40)37(38)41)31(39)25-23-29-21-18-17-19-22-29/h17-19,21-26,28,35,40H,4-16,20,27H2,1-3H3. The van der Waals surface area contributed by atoms with Crippen LogP contribution in [0.1, 0.15) is 114 Å². The summed E-state index contributed by atoms with van der Waals surface area (Å²) in [6.07, 6.45) is 20.6. The Morgan fingerprint density at radius 1 is 0.791 bits per heavy atom. The number of unbranched alkanes of at least 4 members (excludes halogenated alkanes) is 13. The minimum atomic E-state index is -0.706. The smallest absolute Gasteiger partial charge is 0.290 e. The number of methoxy groups -OCH3 is 2. The Morgan fingerprint density at radius 3 is 1.91 bits per heavy atom. The SMILES string of the molecule is CCCCCCCCCCCCCCCCN1C(=O)C(O)=C(C(=O)C=Cc2ccccc2)C1c1ccc(OC)c(OC)c1. The summed E-state index contributed by atoms with van der Waals surface area (Å²) in [5.41, 5.74) is 1.65. The van der Waals surface area contributed by atoms with Gasteiger partial charge in [-0.05, 0) is 35.8 Å². The minimum Gasteiger partial charge on any atom is -0.503 e. The largest absolute Gasteiger partial charge is 0.503 e. The molecule has 0 aliphatic carbocycles. The first kappa shape index (κ1) is 34.0. The van der Waals surface area contributed by atoms with E-state index in [0.29, 0.717) is 23.6 Å². The normalized spacial score (nSPS) is 15.1. The fourth-order valence-corrected chi connectivity index (χ4v) is 5.81. The molecule has 0 radical (unpaired) electrons. The molecular formula is C37H51NO5. The van der Waals surface area contributed by atoms with Crippen LogP contribution in [0.2, 0.25) is 0 Å². The molecule has 2 aromatic rings. The highest BCUT2D eigenvalue weighted by Crippen LogP contribution is 2.41. The predicted octanol–water partition coefficient (Wildman–Crippen LogP) is 9.16. The van der Waals surface area contributed by atoms with Crippen molar-refractivity contribution in [3.05, 3.63) is 77.1 Å². The Kier molecular flexibility index (Phi) is 14.9. The summed E-state index contributed by atoms with van der Waals surface area (Å²) < 4.78 is 10.9. The second-order valence-corrected chi connectivity index (χ2v) is 11.5. The van der Waals surface area contributed by atoms with Gasteiger partial charge >= 0.3 is 0 Å². The highest BCUT2D eigenvalue weighted by Gasteiger charge is 2.42. The van der Waals surface area contributed by atoms with Crippen LogP contribution in [0.15, 0.2) is 65.9 Å². The number of carbonyl (C=O) groups is 2. The summed E-state index contributed by atoms with van der Waals surface area (Å²) in [5, 5.41) is 10.9. The molecule has 1 atom stereocenters. The summed E-state index contributed by atoms with van der Waals surface area (Å²) in [7, 11) is 3.11. The van der Waals surface area contributed by atoms with Crippen LogP contribution in [0.5, 0.6) is 11.5 Å². The Morgan fingerprint density at radius 2 is 1.35 bits per heavy atom. The Balaban J connectivity index is 1.58. The van der Waals surface area contributed by atoms with Crippen LogP contribution in [0, 0.1) is 0 Å². The first-order valence-corrected chi connectivity index (χ1v) is 16.2. The lowest BCUT2D eigenvalue weighted by Crippen LogP contribution is -2.32. The third-order valence-electron chi connectivity index (χ3n) is 8.27. The number of nitrogens with zero attached hydrogens (tertiary/aromatic N) is 1. The number of hydrogen-bond acceptors (Lipinski definition) is 5. The highest BCUT2D eigenvalue weighted by molar-refractivity contribution is 6.14. The summed E-state index contributed by atoms with van der Waals surface area (Å²) in [6.45, 7) is 2.72. The van der Waals surface area contributed by atoms with Crippen LogP contribution in [0.3, 0.4) is 0 Å². The topological polar surface area (TPSA) is 76.1 Å². The highest BCUT2D eigenvalue weighted by atomic mass is 16.5. The monoisotopic (exact) mass is 589 g/mol. The molecule has 6 heteroatoms. The quantitative estimate of drug-likeness (QED) is 0.116. The van der Waals surface area contributed by atoms with Gasteiger partial charge in [0.1, 0.15) is 0 Å². The fourth-order valence-electron chi connectivity index (χ4n) is 5.81. The Labute approximate surface area is 258 Å². The number of ketones is 1. The van der Waals surface area contributed by atoms with E-state index in [2.05, 4.69) is 6.92 Å². The van der Waals surface area contributed by atoms with E-state index in [1.807, 2.05) is 36.4 Å². The van der Waals surface area contributed by atoms with E-state index in [0.717, 1.165) is 24.8 Å². The van der Waals surface area contributed by atoms with Gasteiger partial charge in [-0.15, -0.1) is 0 Å². The number of rotatable bonds is 21. The van der Waals surface area contributed by atoms with Crippen LogP contribution in [-0.4, -0.2) is 42.5 Å². The maximum Gasteiger partial charge on any atom is 0.290 e.